The minimum Gasteiger partial charge on any atom is -0.252 e. The van der Waals surface area contributed by atoms with E-state index in [4.69, 9.17) is 15.8 Å². The Kier molecular flexibility index (Phi) is 10.5. The highest BCUT2D eigenvalue weighted by Gasteiger charge is 2.26. The molecule has 0 aromatic rings. The molecule has 0 aromatic heterocycles. The smallest absolute Gasteiger partial charge is 0.0957 e. The average Bonchev–Trinajstić information content (AvgIpc) is 2.38. The summed E-state index contributed by atoms with van der Waals surface area (Å²) in [5.74, 6) is 0.0927. The van der Waals surface area contributed by atoms with E-state index in [-0.39, 0.29) is 30.7 Å². The molecule has 0 heterocycles. The summed E-state index contributed by atoms with van der Waals surface area (Å²) in [6.45, 7) is 6.06. The summed E-state index contributed by atoms with van der Waals surface area (Å²) < 4.78 is 0. The maximum atomic E-state index is 8.92. The quantitative estimate of drug-likeness (QED) is 0.393. The van der Waals surface area contributed by atoms with Crippen LogP contribution in [0.4, 0.5) is 0 Å². The Morgan fingerprint density at radius 2 is 1.50 bits per heavy atom. The minimum atomic E-state index is -0.371. The Labute approximate surface area is 108 Å². The van der Waals surface area contributed by atoms with Crippen LogP contribution in [0.1, 0.15) is 46.5 Å². The molecule has 0 amide bonds. The van der Waals surface area contributed by atoms with Gasteiger partial charge in [0.1, 0.15) is 0 Å². The molecule has 110 valence electrons. The van der Waals surface area contributed by atoms with Crippen LogP contribution in [0.2, 0.25) is 0 Å². The van der Waals surface area contributed by atoms with Crippen LogP contribution in [0.5, 0.6) is 0 Å². The molecule has 0 aliphatic heterocycles. The van der Waals surface area contributed by atoms with Crippen LogP contribution in [0.25, 0.3) is 0 Å². The normalized spacial score (nSPS) is 18.3. The molecule has 18 heavy (non-hydrogen) atoms. The van der Waals surface area contributed by atoms with Gasteiger partial charge in [0.2, 0.25) is 0 Å². The standard InChI is InChI=1S/C12H26O6/c1-4-5-11(17-14)10(3)8-12(18-15)9(2)6-7-16-13/h9-15H,4-8H2,1-3H3. The van der Waals surface area contributed by atoms with Crippen molar-refractivity contribution in [3.05, 3.63) is 0 Å². The van der Waals surface area contributed by atoms with Gasteiger partial charge < -0.3 is 0 Å². The van der Waals surface area contributed by atoms with Crippen molar-refractivity contribution in [2.75, 3.05) is 6.61 Å². The first-order valence-electron chi connectivity index (χ1n) is 6.47. The highest BCUT2D eigenvalue weighted by Crippen LogP contribution is 2.24. The van der Waals surface area contributed by atoms with Gasteiger partial charge >= 0.3 is 0 Å². The predicted octanol–water partition coefficient (Wildman–Crippen LogP) is 3.04. The van der Waals surface area contributed by atoms with Crippen molar-refractivity contribution in [3.63, 3.8) is 0 Å². The topological polar surface area (TPSA) is 88.4 Å². The van der Waals surface area contributed by atoms with Crippen molar-refractivity contribution < 1.29 is 30.4 Å². The molecule has 0 fully saturated rings. The largest absolute Gasteiger partial charge is 0.252 e. The Bertz CT molecular complexity index is 189. The second-order valence-electron chi connectivity index (χ2n) is 4.89. The Morgan fingerprint density at radius 1 is 0.889 bits per heavy atom. The zero-order chi connectivity index (χ0) is 14.0. The van der Waals surface area contributed by atoms with E-state index in [2.05, 4.69) is 14.7 Å². The molecule has 0 bridgehead atoms. The molecule has 0 rings (SSSR count). The van der Waals surface area contributed by atoms with Gasteiger partial charge in [-0.05, 0) is 31.1 Å². The third kappa shape index (κ3) is 6.63. The second-order valence-corrected chi connectivity index (χ2v) is 4.89. The Hall–Kier alpha value is -0.240. The fraction of sp³-hybridized carbons (Fsp3) is 1.00. The summed E-state index contributed by atoms with van der Waals surface area (Å²) >= 11 is 0. The van der Waals surface area contributed by atoms with Crippen LogP contribution in [-0.2, 0) is 14.7 Å². The number of rotatable bonds is 11. The van der Waals surface area contributed by atoms with E-state index >= 15 is 0 Å². The van der Waals surface area contributed by atoms with Crippen LogP contribution in [-0.4, -0.2) is 34.6 Å². The molecule has 0 spiro atoms. The van der Waals surface area contributed by atoms with E-state index in [9.17, 15) is 0 Å². The predicted molar refractivity (Wildman–Crippen MR) is 66.1 cm³/mol. The molecular weight excluding hydrogens is 240 g/mol. The third-order valence-corrected chi connectivity index (χ3v) is 3.38. The second kappa shape index (κ2) is 10.7. The van der Waals surface area contributed by atoms with Crippen molar-refractivity contribution in [1.82, 2.24) is 0 Å². The highest BCUT2D eigenvalue weighted by molar-refractivity contribution is 4.73. The molecule has 0 aliphatic rings. The Balaban J connectivity index is 4.23. The van der Waals surface area contributed by atoms with Gasteiger partial charge in [0.05, 0.1) is 18.8 Å². The van der Waals surface area contributed by atoms with Crippen molar-refractivity contribution in [1.29, 1.82) is 0 Å². The first-order chi connectivity index (χ1) is 8.60. The molecule has 0 aliphatic carbocycles. The molecular formula is C12H26O6. The van der Waals surface area contributed by atoms with Gasteiger partial charge in [-0.3, -0.25) is 15.8 Å². The number of hydrogen-bond donors (Lipinski definition) is 3. The summed E-state index contributed by atoms with van der Waals surface area (Å²) in [6.07, 6.45) is 2.18. The lowest BCUT2D eigenvalue weighted by Gasteiger charge is -2.27. The summed E-state index contributed by atoms with van der Waals surface area (Å²) in [7, 11) is 0. The minimum absolute atomic E-state index is 0.0329. The molecule has 6 heteroatoms. The summed E-state index contributed by atoms with van der Waals surface area (Å²) in [4.78, 5) is 13.0. The van der Waals surface area contributed by atoms with Gasteiger partial charge in [0.15, 0.2) is 0 Å². The molecule has 0 aromatic carbocycles. The van der Waals surface area contributed by atoms with E-state index in [1.165, 1.54) is 0 Å². The zero-order valence-corrected chi connectivity index (χ0v) is 11.4. The first-order valence-corrected chi connectivity index (χ1v) is 6.47. The van der Waals surface area contributed by atoms with E-state index in [1.54, 1.807) is 0 Å². The van der Waals surface area contributed by atoms with Gasteiger partial charge in [-0.15, -0.1) is 0 Å². The van der Waals surface area contributed by atoms with Gasteiger partial charge in [-0.1, -0.05) is 27.2 Å². The molecule has 0 saturated heterocycles. The van der Waals surface area contributed by atoms with Gasteiger partial charge in [0.25, 0.3) is 0 Å². The third-order valence-electron chi connectivity index (χ3n) is 3.38. The lowest BCUT2D eigenvalue weighted by Crippen LogP contribution is -2.30. The fourth-order valence-corrected chi connectivity index (χ4v) is 2.05. The van der Waals surface area contributed by atoms with Crippen LogP contribution >= 0.6 is 0 Å². The fourth-order valence-electron chi connectivity index (χ4n) is 2.05. The number of hydrogen-bond acceptors (Lipinski definition) is 6. The molecule has 3 N–H and O–H groups in total. The van der Waals surface area contributed by atoms with Crippen LogP contribution in [0.15, 0.2) is 0 Å². The van der Waals surface area contributed by atoms with E-state index < -0.39 is 0 Å². The summed E-state index contributed by atoms with van der Waals surface area (Å²) in [5, 5.41) is 26.1. The molecule has 6 nitrogen and oxygen atoms in total. The zero-order valence-electron chi connectivity index (χ0n) is 11.4. The van der Waals surface area contributed by atoms with Gasteiger partial charge in [-0.2, -0.15) is 0 Å². The SMILES string of the molecule is CCCC(OO)C(C)CC(OO)C(C)CCOO. The van der Waals surface area contributed by atoms with Crippen molar-refractivity contribution >= 4 is 0 Å². The maximum absolute atomic E-state index is 8.92. The van der Waals surface area contributed by atoms with Crippen molar-refractivity contribution in [2.45, 2.75) is 58.7 Å². The lowest BCUT2D eigenvalue weighted by atomic mass is 9.88. The van der Waals surface area contributed by atoms with Crippen LogP contribution < -0.4 is 0 Å². The molecule has 0 radical (unpaired) electrons. The maximum Gasteiger partial charge on any atom is 0.0957 e. The van der Waals surface area contributed by atoms with Crippen molar-refractivity contribution in [3.8, 4) is 0 Å². The summed E-state index contributed by atoms with van der Waals surface area (Å²) in [5.41, 5.74) is 0. The molecule has 4 unspecified atom stereocenters. The van der Waals surface area contributed by atoms with Crippen molar-refractivity contribution in [2.24, 2.45) is 11.8 Å². The van der Waals surface area contributed by atoms with E-state index in [0.29, 0.717) is 12.8 Å². The van der Waals surface area contributed by atoms with E-state index in [1.807, 2.05) is 20.8 Å². The van der Waals surface area contributed by atoms with E-state index in [0.717, 1.165) is 12.8 Å². The van der Waals surface area contributed by atoms with Gasteiger partial charge in [-0.25, -0.2) is 14.7 Å². The highest BCUT2D eigenvalue weighted by atomic mass is 17.1. The summed E-state index contributed by atoms with van der Waals surface area (Å²) in [6, 6.07) is 0. The lowest BCUT2D eigenvalue weighted by molar-refractivity contribution is -0.311. The van der Waals surface area contributed by atoms with Gasteiger partial charge in [0, 0.05) is 0 Å². The average molecular weight is 266 g/mol. The Morgan fingerprint density at radius 3 is 1.94 bits per heavy atom. The first kappa shape index (κ1) is 17.8. The monoisotopic (exact) mass is 266 g/mol. The molecule has 0 saturated carbocycles. The van der Waals surface area contributed by atoms with Crippen LogP contribution in [0.3, 0.4) is 0 Å². The molecule has 4 atom stereocenters. The van der Waals surface area contributed by atoms with Crippen LogP contribution in [0, 0.1) is 11.8 Å².